The summed E-state index contributed by atoms with van der Waals surface area (Å²) in [5.41, 5.74) is 8.70. The van der Waals surface area contributed by atoms with Crippen molar-refractivity contribution in [3.05, 3.63) is 170 Å². The van der Waals surface area contributed by atoms with Crippen molar-refractivity contribution in [2.45, 2.75) is 0 Å². The average Bonchev–Trinajstić information content (AvgIpc) is 3.54. The summed E-state index contributed by atoms with van der Waals surface area (Å²) in [6.07, 6.45) is 0. The van der Waals surface area contributed by atoms with E-state index in [2.05, 4.69) is 78.9 Å². The monoisotopic (exact) mass is 577 g/mol. The van der Waals surface area contributed by atoms with Gasteiger partial charge in [-0.3, -0.25) is 0 Å². The lowest BCUT2D eigenvalue weighted by Gasteiger charge is -2.19. The first kappa shape index (κ1) is 20.9. The van der Waals surface area contributed by atoms with Gasteiger partial charge < -0.3 is 4.42 Å². The van der Waals surface area contributed by atoms with Crippen LogP contribution < -0.4 is 0 Å². The Hall–Kier alpha value is -5.92. The van der Waals surface area contributed by atoms with E-state index in [0.717, 1.165) is 76.9 Å². The Kier molecular flexibility index (Phi) is 4.81. The minimum atomic E-state index is -0.399. The maximum Gasteiger partial charge on any atom is 0.136 e. The second kappa shape index (κ2) is 10.4. The summed E-state index contributed by atoms with van der Waals surface area (Å²) in [6.45, 7) is 0. The fraction of sp³-hybridized carbons (Fsp3) is 0. The van der Waals surface area contributed by atoms with Crippen LogP contribution in [0.5, 0.6) is 0 Å². The molecule has 0 fully saturated rings. The van der Waals surface area contributed by atoms with E-state index >= 15 is 0 Å². The Balaban J connectivity index is 1.35. The van der Waals surface area contributed by atoms with Crippen LogP contribution in [0, 0.1) is 0 Å². The summed E-state index contributed by atoms with van der Waals surface area (Å²) in [5, 5.41) is 6.41. The summed E-state index contributed by atoms with van der Waals surface area (Å²) in [6, 6.07) is 46.0. The van der Waals surface area contributed by atoms with Gasteiger partial charge in [0.25, 0.3) is 0 Å². The Bertz CT molecular complexity index is 2730. The molecule has 0 amide bonds. The molecule has 0 unspecified atom stereocenters. The van der Waals surface area contributed by atoms with Crippen molar-refractivity contribution in [3.63, 3.8) is 0 Å². The minimum absolute atomic E-state index is 0.190. The number of fused-ring (bicyclic) bond motifs is 5. The van der Waals surface area contributed by atoms with Crippen molar-refractivity contribution in [1.29, 1.82) is 0 Å². The van der Waals surface area contributed by atoms with Crippen LogP contribution in [-0.2, 0) is 0 Å². The minimum Gasteiger partial charge on any atom is -0.456 e. The molecule has 0 atom stereocenters. The molecule has 0 aliphatic carbocycles. The van der Waals surface area contributed by atoms with Gasteiger partial charge in [-0.15, -0.1) is 0 Å². The second-order valence-corrected chi connectivity index (χ2v) is 11.3. The molecule has 0 bridgehead atoms. The normalized spacial score (nSPS) is 13.1. The highest BCUT2D eigenvalue weighted by molar-refractivity contribution is 6.23. The molecule has 0 saturated heterocycles. The Morgan fingerprint density at radius 2 is 0.933 bits per heavy atom. The van der Waals surface area contributed by atoms with E-state index in [4.69, 9.17) is 11.3 Å². The predicted octanol–water partition coefficient (Wildman–Crippen LogP) is 12.6. The van der Waals surface area contributed by atoms with E-state index in [9.17, 15) is 0 Å². The third kappa shape index (κ3) is 4.17. The molecule has 8 aromatic carbocycles. The predicted molar refractivity (Wildman–Crippen MR) is 190 cm³/mol. The maximum absolute atomic E-state index is 8.63. The van der Waals surface area contributed by atoms with Gasteiger partial charge in [-0.1, -0.05) is 145 Å². The number of hydrogen-bond donors (Lipinski definition) is 0. The summed E-state index contributed by atoms with van der Waals surface area (Å²) in [7, 11) is 0. The molecular formula is C44H28O. The lowest BCUT2D eigenvalue weighted by Crippen LogP contribution is -1.92. The summed E-state index contributed by atoms with van der Waals surface area (Å²) >= 11 is 0. The summed E-state index contributed by atoms with van der Waals surface area (Å²) in [4.78, 5) is 0. The van der Waals surface area contributed by atoms with E-state index in [-0.39, 0.29) is 29.7 Å². The van der Waals surface area contributed by atoms with E-state index in [1.54, 1.807) is 0 Å². The van der Waals surface area contributed by atoms with Crippen molar-refractivity contribution in [2.75, 3.05) is 0 Å². The van der Waals surface area contributed by atoms with Gasteiger partial charge in [-0.2, -0.15) is 0 Å². The zero-order valence-electron chi connectivity index (χ0n) is 29.2. The van der Waals surface area contributed by atoms with Crippen LogP contribution in [0.1, 0.15) is 6.85 Å². The van der Waals surface area contributed by atoms with E-state index in [1.807, 2.05) is 60.7 Å². The van der Waals surface area contributed by atoms with Gasteiger partial charge >= 0.3 is 0 Å². The molecule has 0 spiro atoms. The highest BCUT2D eigenvalue weighted by Gasteiger charge is 2.20. The van der Waals surface area contributed by atoms with Crippen molar-refractivity contribution in [1.82, 2.24) is 0 Å². The zero-order chi connectivity index (χ0) is 34.1. The number of para-hydroxylation sites is 1. The standard InChI is InChI=1S/C44H28O/c1-3-14-29(15-4-1)31-18-13-19-32(26-31)42-34-20-7-9-22-36(34)43(37-23-10-8-21-35(37)42)33-27-39(30-16-5-2-6-17-30)44-38-24-11-12-25-40(38)45-41(44)28-33/h1-28H/i1D,3D,4D,14D,15D. The van der Waals surface area contributed by atoms with Gasteiger partial charge in [0.15, 0.2) is 0 Å². The lowest BCUT2D eigenvalue weighted by molar-refractivity contribution is 0.669. The largest absolute Gasteiger partial charge is 0.456 e. The Morgan fingerprint density at radius 3 is 1.62 bits per heavy atom. The fourth-order valence-corrected chi connectivity index (χ4v) is 6.82. The highest BCUT2D eigenvalue weighted by atomic mass is 16.3. The molecule has 210 valence electrons. The Morgan fingerprint density at radius 1 is 0.378 bits per heavy atom. The van der Waals surface area contributed by atoms with Crippen molar-refractivity contribution >= 4 is 43.5 Å². The SMILES string of the molecule is [2H]c1c([2H])c([2H])c(-c2cccc(-c3c4ccccc4c(-c4cc(-c5ccccc5)c5c(c4)oc4ccccc45)c4ccccc34)c2)c([2H])c1[2H]. The number of benzene rings is 8. The molecule has 1 heterocycles. The first-order chi connectivity index (χ1) is 24.4. The van der Waals surface area contributed by atoms with Gasteiger partial charge in [-0.25, -0.2) is 0 Å². The molecule has 1 nitrogen and oxygen atoms in total. The molecule has 9 rings (SSSR count). The summed E-state index contributed by atoms with van der Waals surface area (Å²) in [5.74, 6) is 0. The molecule has 0 N–H and O–H groups in total. The number of hydrogen-bond acceptors (Lipinski definition) is 1. The topological polar surface area (TPSA) is 13.1 Å². The smallest absolute Gasteiger partial charge is 0.136 e. The third-order valence-electron chi connectivity index (χ3n) is 8.72. The van der Waals surface area contributed by atoms with Gasteiger partial charge in [-0.05, 0) is 90.3 Å². The summed E-state index contributed by atoms with van der Waals surface area (Å²) < 4.78 is 48.4. The maximum atomic E-state index is 8.63. The quantitative estimate of drug-likeness (QED) is 0.190. The van der Waals surface area contributed by atoms with E-state index in [1.165, 1.54) is 0 Å². The van der Waals surface area contributed by atoms with Crippen LogP contribution in [0.3, 0.4) is 0 Å². The van der Waals surface area contributed by atoms with E-state index in [0.29, 0.717) is 5.56 Å². The average molecular weight is 578 g/mol. The number of rotatable bonds is 4. The molecule has 1 heteroatoms. The zero-order valence-corrected chi connectivity index (χ0v) is 24.2. The molecular weight excluding hydrogens is 544 g/mol. The van der Waals surface area contributed by atoms with Gasteiger partial charge in [0.1, 0.15) is 11.2 Å². The first-order valence-corrected chi connectivity index (χ1v) is 15.0. The van der Waals surface area contributed by atoms with Crippen LogP contribution in [0.4, 0.5) is 0 Å². The fourth-order valence-electron chi connectivity index (χ4n) is 6.82. The van der Waals surface area contributed by atoms with Gasteiger partial charge in [0, 0.05) is 10.8 Å². The van der Waals surface area contributed by atoms with Crippen molar-refractivity contribution in [2.24, 2.45) is 0 Å². The molecule has 0 saturated carbocycles. The first-order valence-electron chi connectivity index (χ1n) is 17.5. The van der Waals surface area contributed by atoms with Crippen molar-refractivity contribution < 1.29 is 11.3 Å². The van der Waals surface area contributed by atoms with Gasteiger partial charge in [0.05, 0.1) is 6.85 Å². The third-order valence-corrected chi connectivity index (χ3v) is 8.72. The van der Waals surface area contributed by atoms with Crippen LogP contribution in [0.25, 0.3) is 88.0 Å². The van der Waals surface area contributed by atoms with Crippen LogP contribution >= 0.6 is 0 Å². The lowest BCUT2D eigenvalue weighted by atomic mass is 9.84. The molecule has 9 aromatic rings. The molecule has 1 aromatic heterocycles. The second-order valence-electron chi connectivity index (χ2n) is 11.3. The molecule has 0 aliphatic heterocycles. The van der Waals surface area contributed by atoms with Crippen LogP contribution in [0.15, 0.2) is 174 Å². The van der Waals surface area contributed by atoms with Crippen LogP contribution in [-0.4, -0.2) is 0 Å². The number of furan rings is 1. The van der Waals surface area contributed by atoms with Gasteiger partial charge in [0.2, 0.25) is 0 Å². The molecule has 45 heavy (non-hydrogen) atoms. The molecule has 0 aliphatic rings. The molecule has 0 radical (unpaired) electrons. The van der Waals surface area contributed by atoms with Crippen LogP contribution in [0.2, 0.25) is 0 Å². The Labute approximate surface area is 268 Å². The van der Waals surface area contributed by atoms with E-state index < -0.39 is 6.04 Å². The van der Waals surface area contributed by atoms with Crippen molar-refractivity contribution in [3.8, 4) is 44.5 Å². The highest BCUT2D eigenvalue weighted by Crippen LogP contribution is 2.47.